The van der Waals surface area contributed by atoms with Gasteiger partial charge in [-0.05, 0) is 39.1 Å². The predicted molar refractivity (Wildman–Crippen MR) is 77.5 cm³/mol. The number of hydrogen-bond donors (Lipinski definition) is 1. The van der Waals surface area contributed by atoms with E-state index in [2.05, 4.69) is 52.7 Å². The number of piperazine rings is 1. The summed E-state index contributed by atoms with van der Waals surface area (Å²) in [6.45, 7) is 7.64. The predicted octanol–water partition coefficient (Wildman–Crippen LogP) is 2.56. The first-order valence-corrected chi connectivity index (χ1v) is 6.71. The lowest BCUT2D eigenvalue weighted by Gasteiger charge is -2.46. The van der Waals surface area contributed by atoms with Gasteiger partial charge in [0.2, 0.25) is 0 Å². The summed E-state index contributed by atoms with van der Waals surface area (Å²) < 4.78 is 1.08. The van der Waals surface area contributed by atoms with Gasteiger partial charge in [-0.25, -0.2) is 0 Å². The molecule has 0 atom stereocenters. The molecule has 4 heteroatoms. The minimum absolute atomic E-state index is 0.188. The first-order chi connectivity index (χ1) is 7.90. The summed E-state index contributed by atoms with van der Waals surface area (Å²) in [5, 5.41) is 0. The molecule has 1 saturated heterocycles. The van der Waals surface area contributed by atoms with E-state index in [0.29, 0.717) is 0 Å². The van der Waals surface area contributed by atoms with Crippen molar-refractivity contribution in [3.8, 4) is 0 Å². The Hall–Kier alpha value is -0.740. The van der Waals surface area contributed by atoms with Gasteiger partial charge < -0.3 is 10.6 Å². The highest BCUT2D eigenvalue weighted by atomic mass is 79.9. The third-order valence-corrected chi connectivity index (χ3v) is 4.14. The van der Waals surface area contributed by atoms with Crippen molar-refractivity contribution in [3.05, 3.63) is 22.7 Å². The molecule has 2 N–H and O–H groups in total. The Balaban J connectivity index is 2.26. The molecule has 1 aliphatic rings. The zero-order chi connectivity index (χ0) is 12.6. The SMILES string of the molecule is CN1CCN(c2cc(Br)ccc2N)CC1(C)C. The molecule has 94 valence electrons. The van der Waals surface area contributed by atoms with Gasteiger partial charge in [0.15, 0.2) is 0 Å². The first-order valence-electron chi connectivity index (χ1n) is 5.91. The molecule has 0 aliphatic carbocycles. The van der Waals surface area contributed by atoms with E-state index in [9.17, 15) is 0 Å². The average Bonchev–Trinajstić information content (AvgIpc) is 2.25. The van der Waals surface area contributed by atoms with Crippen LogP contribution in [0.15, 0.2) is 22.7 Å². The van der Waals surface area contributed by atoms with E-state index in [-0.39, 0.29) is 5.54 Å². The van der Waals surface area contributed by atoms with Crippen molar-refractivity contribution in [2.45, 2.75) is 19.4 Å². The molecule has 1 fully saturated rings. The Bertz CT molecular complexity index is 417. The molecule has 0 bridgehead atoms. The molecule has 3 nitrogen and oxygen atoms in total. The minimum atomic E-state index is 0.188. The third-order valence-electron chi connectivity index (χ3n) is 3.65. The smallest absolute Gasteiger partial charge is 0.0612 e. The monoisotopic (exact) mass is 297 g/mol. The molecule has 1 aromatic rings. The molecule has 0 unspecified atom stereocenters. The molecule has 0 amide bonds. The van der Waals surface area contributed by atoms with Gasteiger partial charge >= 0.3 is 0 Å². The Morgan fingerprint density at radius 3 is 2.65 bits per heavy atom. The van der Waals surface area contributed by atoms with Crippen LogP contribution in [0.25, 0.3) is 0 Å². The average molecular weight is 298 g/mol. The first kappa shape index (κ1) is 12.7. The van der Waals surface area contributed by atoms with Gasteiger partial charge in [0.05, 0.1) is 11.4 Å². The number of nitrogens with two attached hydrogens (primary N) is 1. The second kappa shape index (κ2) is 4.50. The van der Waals surface area contributed by atoms with Crippen molar-refractivity contribution in [2.24, 2.45) is 0 Å². The van der Waals surface area contributed by atoms with Crippen LogP contribution in [-0.4, -0.2) is 37.1 Å². The van der Waals surface area contributed by atoms with Crippen molar-refractivity contribution in [1.29, 1.82) is 0 Å². The minimum Gasteiger partial charge on any atom is -0.397 e. The lowest BCUT2D eigenvalue weighted by Crippen LogP contribution is -2.57. The quantitative estimate of drug-likeness (QED) is 0.809. The van der Waals surface area contributed by atoms with Crippen LogP contribution < -0.4 is 10.6 Å². The van der Waals surface area contributed by atoms with Crippen molar-refractivity contribution >= 4 is 27.3 Å². The van der Waals surface area contributed by atoms with Crippen LogP contribution in [0.5, 0.6) is 0 Å². The van der Waals surface area contributed by atoms with Gasteiger partial charge in [0, 0.05) is 29.6 Å². The molecular weight excluding hydrogens is 278 g/mol. The summed E-state index contributed by atoms with van der Waals surface area (Å²) in [6, 6.07) is 6.06. The fraction of sp³-hybridized carbons (Fsp3) is 0.538. The zero-order valence-corrected chi connectivity index (χ0v) is 12.3. The molecule has 17 heavy (non-hydrogen) atoms. The maximum atomic E-state index is 6.07. The van der Waals surface area contributed by atoms with E-state index in [1.54, 1.807) is 0 Å². The highest BCUT2D eigenvalue weighted by Crippen LogP contribution is 2.31. The standard InChI is InChI=1S/C13H20BrN3/c1-13(2)9-17(7-6-16(13)3)12-8-10(14)4-5-11(12)15/h4-5,8H,6-7,9,15H2,1-3H3. The number of anilines is 2. The Labute approximate surface area is 112 Å². The number of benzene rings is 1. The van der Waals surface area contributed by atoms with Gasteiger partial charge in [-0.2, -0.15) is 0 Å². The Kier molecular flexibility index (Phi) is 3.36. The van der Waals surface area contributed by atoms with E-state index >= 15 is 0 Å². The summed E-state index contributed by atoms with van der Waals surface area (Å²) in [5.74, 6) is 0. The molecule has 0 aromatic heterocycles. The number of hydrogen-bond acceptors (Lipinski definition) is 3. The van der Waals surface area contributed by atoms with Crippen molar-refractivity contribution < 1.29 is 0 Å². The summed E-state index contributed by atoms with van der Waals surface area (Å²) >= 11 is 3.51. The molecule has 2 rings (SSSR count). The molecule has 0 spiro atoms. The third kappa shape index (κ3) is 2.58. The van der Waals surface area contributed by atoms with Gasteiger partial charge in [-0.3, -0.25) is 4.90 Å². The molecule has 1 aromatic carbocycles. The second-order valence-corrected chi connectivity index (χ2v) is 6.27. The van der Waals surface area contributed by atoms with Crippen LogP contribution in [0.4, 0.5) is 11.4 Å². The fourth-order valence-corrected chi connectivity index (χ4v) is 2.59. The van der Waals surface area contributed by atoms with Crippen LogP contribution in [0.1, 0.15) is 13.8 Å². The second-order valence-electron chi connectivity index (χ2n) is 5.36. The summed E-state index contributed by atoms with van der Waals surface area (Å²) in [4.78, 5) is 4.78. The summed E-state index contributed by atoms with van der Waals surface area (Å²) in [7, 11) is 2.18. The molecular formula is C13H20BrN3. The van der Waals surface area contributed by atoms with Crippen LogP contribution >= 0.6 is 15.9 Å². The van der Waals surface area contributed by atoms with E-state index in [1.807, 2.05) is 12.1 Å². The number of nitrogens with zero attached hydrogens (tertiary/aromatic N) is 2. The Morgan fingerprint density at radius 2 is 2.00 bits per heavy atom. The molecule has 0 saturated carbocycles. The van der Waals surface area contributed by atoms with E-state index in [1.165, 1.54) is 0 Å². The van der Waals surface area contributed by atoms with Crippen LogP contribution in [0, 0.1) is 0 Å². The van der Waals surface area contributed by atoms with Crippen molar-refractivity contribution in [1.82, 2.24) is 4.90 Å². The van der Waals surface area contributed by atoms with Gasteiger partial charge in [0.1, 0.15) is 0 Å². The maximum Gasteiger partial charge on any atom is 0.0612 e. The van der Waals surface area contributed by atoms with Gasteiger partial charge in [-0.15, -0.1) is 0 Å². The largest absolute Gasteiger partial charge is 0.397 e. The number of halogens is 1. The fourth-order valence-electron chi connectivity index (χ4n) is 2.24. The molecule has 1 aliphatic heterocycles. The highest BCUT2D eigenvalue weighted by molar-refractivity contribution is 9.10. The summed E-state index contributed by atoms with van der Waals surface area (Å²) in [6.07, 6.45) is 0. The molecule has 0 radical (unpaired) electrons. The van der Waals surface area contributed by atoms with E-state index in [4.69, 9.17) is 5.73 Å². The van der Waals surface area contributed by atoms with Crippen LogP contribution in [0.3, 0.4) is 0 Å². The van der Waals surface area contributed by atoms with E-state index < -0.39 is 0 Å². The topological polar surface area (TPSA) is 32.5 Å². The van der Waals surface area contributed by atoms with Crippen molar-refractivity contribution in [3.63, 3.8) is 0 Å². The molecule has 1 heterocycles. The number of likely N-dealkylation sites (N-methyl/N-ethyl adjacent to an activating group) is 1. The van der Waals surface area contributed by atoms with Crippen molar-refractivity contribution in [2.75, 3.05) is 37.3 Å². The lowest BCUT2D eigenvalue weighted by molar-refractivity contribution is 0.139. The van der Waals surface area contributed by atoms with Gasteiger partial charge in [-0.1, -0.05) is 15.9 Å². The number of nitrogen functional groups attached to an aromatic ring is 1. The maximum absolute atomic E-state index is 6.07. The Morgan fingerprint density at radius 1 is 1.29 bits per heavy atom. The normalized spacial score (nSPS) is 20.6. The summed E-state index contributed by atoms with van der Waals surface area (Å²) in [5.41, 5.74) is 8.25. The zero-order valence-electron chi connectivity index (χ0n) is 10.7. The van der Waals surface area contributed by atoms with Crippen LogP contribution in [0.2, 0.25) is 0 Å². The van der Waals surface area contributed by atoms with Crippen LogP contribution in [-0.2, 0) is 0 Å². The lowest BCUT2D eigenvalue weighted by atomic mass is 9.99. The van der Waals surface area contributed by atoms with Gasteiger partial charge in [0.25, 0.3) is 0 Å². The highest BCUT2D eigenvalue weighted by Gasteiger charge is 2.31. The number of rotatable bonds is 1. The van der Waals surface area contributed by atoms with E-state index in [0.717, 1.165) is 35.5 Å².